The van der Waals surface area contributed by atoms with Crippen LogP contribution in [0.4, 0.5) is 10.3 Å². The Morgan fingerprint density at radius 2 is 2.09 bits per heavy atom. The van der Waals surface area contributed by atoms with Gasteiger partial charge < -0.3 is 15.2 Å². The molecule has 0 saturated carbocycles. The van der Waals surface area contributed by atoms with Crippen LogP contribution in [0.3, 0.4) is 0 Å². The zero-order chi connectivity index (χ0) is 24.9. The van der Waals surface area contributed by atoms with Crippen molar-refractivity contribution in [3.63, 3.8) is 0 Å². The number of aromatic nitrogens is 5. The molecule has 35 heavy (non-hydrogen) atoms. The predicted octanol–water partition coefficient (Wildman–Crippen LogP) is 2.59. The molecule has 184 valence electrons. The summed E-state index contributed by atoms with van der Waals surface area (Å²) in [5, 5.41) is 0.602. The molecule has 1 unspecified atom stereocenters. The molecule has 0 aliphatic carbocycles. The smallest absolute Gasteiger partial charge is 0.332 e. The zero-order valence-electron chi connectivity index (χ0n) is 20.0. The molecule has 4 heterocycles. The summed E-state index contributed by atoms with van der Waals surface area (Å²) in [7, 11) is 1.61. The van der Waals surface area contributed by atoms with Crippen molar-refractivity contribution >= 4 is 38.7 Å². The second kappa shape index (κ2) is 9.04. The van der Waals surface area contributed by atoms with Crippen LogP contribution in [0.25, 0.3) is 21.3 Å². The maximum absolute atomic E-state index is 13.9. The minimum atomic E-state index is -0.492. The Morgan fingerprint density at radius 1 is 1.29 bits per heavy atom. The molecule has 1 atom stereocenters. The fraction of sp³-hybridized carbons (Fsp3) is 0.417. The third-order valence-corrected chi connectivity index (χ3v) is 7.31. The lowest BCUT2D eigenvalue weighted by Gasteiger charge is -2.31. The van der Waals surface area contributed by atoms with Crippen molar-refractivity contribution in [3.05, 3.63) is 62.2 Å². The van der Waals surface area contributed by atoms with Crippen LogP contribution >= 0.6 is 11.5 Å². The van der Waals surface area contributed by atoms with Gasteiger partial charge in [0.25, 0.3) is 5.56 Å². The highest BCUT2D eigenvalue weighted by Gasteiger charge is 2.26. The molecule has 2 N–H and O–H groups in total. The molecule has 3 aromatic heterocycles. The van der Waals surface area contributed by atoms with E-state index in [0.717, 1.165) is 34.2 Å². The maximum atomic E-state index is 13.9. The summed E-state index contributed by atoms with van der Waals surface area (Å²) < 4.78 is 23.5. The molecule has 1 aliphatic heterocycles. The second-order valence-electron chi connectivity index (χ2n) is 9.33. The topological polar surface area (TPSA) is 104 Å². The SMILES string of the molecule is CC(C)=CCn1c(N2CCCC(N)C2)nc2c1c(=O)n(Cc1nsc3ccc(F)cc13)c(=O)n2C. The number of anilines is 1. The summed E-state index contributed by atoms with van der Waals surface area (Å²) >= 11 is 1.21. The average Bonchev–Trinajstić information content (AvgIpc) is 3.40. The third-order valence-electron chi connectivity index (χ3n) is 6.45. The summed E-state index contributed by atoms with van der Waals surface area (Å²) in [5.41, 5.74) is 7.57. The molecule has 1 fully saturated rings. The van der Waals surface area contributed by atoms with Crippen LogP contribution in [0.1, 0.15) is 32.4 Å². The van der Waals surface area contributed by atoms with Gasteiger partial charge in [0.2, 0.25) is 5.95 Å². The monoisotopic (exact) mass is 497 g/mol. The van der Waals surface area contributed by atoms with Crippen LogP contribution in [0.15, 0.2) is 39.4 Å². The number of hydrogen-bond acceptors (Lipinski definition) is 7. The van der Waals surface area contributed by atoms with Gasteiger partial charge in [-0.25, -0.2) is 9.18 Å². The Morgan fingerprint density at radius 3 is 2.83 bits per heavy atom. The van der Waals surface area contributed by atoms with Crippen molar-refractivity contribution < 1.29 is 4.39 Å². The van der Waals surface area contributed by atoms with Crippen LogP contribution in [-0.2, 0) is 20.1 Å². The molecule has 11 heteroatoms. The van der Waals surface area contributed by atoms with Crippen molar-refractivity contribution in [3.8, 4) is 0 Å². The van der Waals surface area contributed by atoms with Crippen molar-refractivity contribution in [2.24, 2.45) is 12.8 Å². The second-order valence-corrected chi connectivity index (χ2v) is 10.1. The van der Waals surface area contributed by atoms with Crippen molar-refractivity contribution in [1.82, 2.24) is 23.1 Å². The molecule has 0 radical (unpaired) electrons. The number of imidazole rings is 1. The first kappa shape index (κ1) is 23.4. The van der Waals surface area contributed by atoms with E-state index < -0.39 is 11.2 Å². The van der Waals surface area contributed by atoms with Crippen LogP contribution in [-0.4, -0.2) is 42.2 Å². The number of nitrogens with zero attached hydrogens (tertiary/aromatic N) is 6. The minimum Gasteiger partial charge on any atom is -0.341 e. The standard InChI is InChI=1S/C24H28FN7O2S/c1-14(2)8-10-31-20-21(27-23(31)30-9-4-5-16(26)12-30)29(3)24(34)32(22(20)33)13-18-17-11-15(25)6-7-19(17)35-28-18/h6-8,11,16H,4-5,9-10,12-13,26H2,1-3H3. The average molecular weight is 498 g/mol. The van der Waals surface area contributed by atoms with Gasteiger partial charge in [0.15, 0.2) is 11.2 Å². The van der Waals surface area contributed by atoms with Gasteiger partial charge in [-0.1, -0.05) is 11.6 Å². The number of benzene rings is 1. The van der Waals surface area contributed by atoms with Crippen molar-refractivity contribution in [1.29, 1.82) is 0 Å². The van der Waals surface area contributed by atoms with Gasteiger partial charge in [-0.15, -0.1) is 0 Å². The van der Waals surface area contributed by atoms with Crippen LogP contribution in [0, 0.1) is 5.82 Å². The lowest BCUT2D eigenvalue weighted by Crippen LogP contribution is -2.44. The Bertz CT molecular complexity index is 1570. The highest BCUT2D eigenvalue weighted by atomic mass is 32.1. The summed E-state index contributed by atoms with van der Waals surface area (Å²) in [5.74, 6) is 0.248. The number of halogens is 1. The molecule has 5 rings (SSSR count). The third kappa shape index (κ3) is 4.19. The maximum Gasteiger partial charge on any atom is 0.332 e. The summed E-state index contributed by atoms with van der Waals surface area (Å²) in [6, 6.07) is 4.44. The number of allylic oxidation sites excluding steroid dienone is 2. The zero-order valence-corrected chi connectivity index (χ0v) is 20.8. The summed E-state index contributed by atoms with van der Waals surface area (Å²) in [6.07, 6.45) is 3.90. The number of piperidine rings is 1. The summed E-state index contributed by atoms with van der Waals surface area (Å²) in [4.78, 5) is 33.9. The largest absolute Gasteiger partial charge is 0.341 e. The predicted molar refractivity (Wildman–Crippen MR) is 137 cm³/mol. The van der Waals surface area contributed by atoms with Gasteiger partial charge >= 0.3 is 5.69 Å². The van der Waals surface area contributed by atoms with E-state index in [0.29, 0.717) is 41.3 Å². The first-order valence-corrected chi connectivity index (χ1v) is 12.4. The van der Waals surface area contributed by atoms with E-state index in [1.54, 1.807) is 13.1 Å². The van der Waals surface area contributed by atoms with Gasteiger partial charge in [0.05, 0.1) is 16.9 Å². The quantitative estimate of drug-likeness (QED) is 0.425. The van der Waals surface area contributed by atoms with E-state index in [4.69, 9.17) is 10.7 Å². The van der Waals surface area contributed by atoms with Gasteiger partial charge in [-0.2, -0.15) is 9.36 Å². The number of hydrogen-bond donors (Lipinski definition) is 1. The van der Waals surface area contributed by atoms with Crippen molar-refractivity contribution in [2.75, 3.05) is 18.0 Å². The number of fused-ring (bicyclic) bond motifs is 2. The van der Waals surface area contributed by atoms with E-state index in [-0.39, 0.29) is 18.4 Å². The van der Waals surface area contributed by atoms with Crippen LogP contribution in [0.2, 0.25) is 0 Å². The molecule has 4 aromatic rings. The van der Waals surface area contributed by atoms with Gasteiger partial charge in [0, 0.05) is 38.1 Å². The van der Waals surface area contributed by atoms with E-state index >= 15 is 0 Å². The van der Waals surface area contributed by atoms with Gasteiger partial charge in [0.1, 0.15) is 5.82 Å². The first-order valence-electron chi connectivity index (χ1n) is 11.6. The highest BCUT2D eigenvalue weighted by molar-refractivity contribution is 7.13. The van der Waals surface area contributed by atoms with E-state index in [1.807, 2.05) is 24.5 Å². The van der Waals surface area contributed by atoms with E-state index in [9.17, 15) is 14.0 Å². The molecule has 0 bridgehead atoms. The molecule has 1 aliphatic rings. The normalized spacial score (nSPS) is 16.4. The molecule has 1 aromatic carbocycles. The fourth-order valence-electron chi connectivity index (χ4n) is 4.60. The minimum absolute atomic E-state index is 0.0271. The first-order chi connectivity index (χ1) is 16.7. The highest BCUT2D eigenvalue weighted by Crippen LogP contribution is 2.25. The Kier molecular flexibility index (Phi) is 6.06. The lowest BCUT2D eigenvalue weighted by molar-refractivity contribution is 0.495. The Labute approximate surface area is 205 Å². The van der Waals surface area contributed by atoms with Gasteiger partial charge in [-0.05, 0) is 56.4 Å². The number of rotatable bonds is 5. The molecule has 9 nitrogen and oxygen atoms in total. The van der Waals surface area contributed by atoms with Crippen LogP contribution in [0.5, 0.6) is 0 Å². The number of aryl methyl sites for hydroxylation is 1. The van der Waals surface area contributed by atoms with Crippen LogP contribution < -0.4 is 21.9 Å². The Balaban J connectivity index is 1.71. The number of nitrogens with two attached hydrogens (primary N) is 1. The lowest BCUT2D eigenvalue weighted by atomic mass is 10.1. The summed E-state index contributed by atoms with van der Waals surface area (Å²) in [6.45, 7) is 5.80. The Hall–Kier alpha value is -3.31. The molecule has 1 saturated heterocycles. The van der Waals surface area contributed by atoms with E-state index in [1.165, 1.54) is 28.2 Å². The molecule has 0 amide bonds. The molecular formula is C24H28FN7O2S. The molecule has 0 spiro atoms. The fourth-order valence-corrected chi connectivity index (χ4v) is 5.37. The van der Waals surface area contributed by atoms with Crippen molar-refractivity contribution in [2.45, 2.75) is 45.8 Å². The van der Waals surface area contributed by atoms with E-state index in [2.05, 4.69) is 9.27 Å². The van der Waals surface area contributed by atoms with Gasteiger partial charge in [-0.3, -0.25) is 13.9 Å². The molecular weight excluding hydrogens is 469 g/mol.